The van der Waals surface area contributed by atoms with Crippen molar-refractivity contribution in [3.8, 4) is 0 Å². The third-order valence-corrected chi connectivity index (χ3v) is 2.80. The van der Waals surface area contributed by atoms with Gasteiger partial charge in [-0.05, 0) is 24.5 Å². The van der Waals surface area contributed by atoms with E-state index in [4.69, 9.17) is 5.11 Å². The van der Waals surface area contributed by atoms with E-state index in [-0.39, 0.29) is 23.2 Å². The predicted molar refractivity (Wildman–Crippen MR) is 67.6 cm³/mol. The lowest BCUT2D eigenvalue weighted by atomic mass is 10.0. The molecule has 0 spiro atoms. The summed E-state index contributed by atoms with van der Waals surface area (Å²) in [5.74, 6) is -1.08. The maximum absolute atomic E-state index is 11.9. The molecule has 0 bridgehead atoms. The van der Waals surface area contributed by atoms with Crippen molar-refractivity contribution < 1.29 is 14.7 Å². The van der Waals surface area contributed by atoms with Crippen molar-refractivity contribution in [1.29, 1.82) is 0 Å². The summed E-state index contributed by atoms with van der Waals surface area (Å²) in [5.41, 5.74) is 0.196. The lowest BCUT2D eigenvalue weighted by Crippen LogP contribution is -2.38. The first-order valence-corrected chi connectivity index (χ1v) is 5.96. The Bertz CT molecular complexity index is 444. The molecule has 0 aliphatic heterocycles. The molecule has 1 rings (SSSR count). The van der Waals surface area contributed by atoms with E-state index in [1.165, 1.54) is 18.3 Å². The molecule has 0 aromatic carbocycles. The van der Waals surface area contributed by atoms with Crippen LogP contribution in [0.2, 0.25) is 0 Å². The van der Waals surface area contributed by atoms with Crippen LogP contribution >= 0.6 is 0 Å². The molecule has 0 saturated carbocycles. The van der Waals surface area contributed by atoms with Crippen molar-refractivity contribution in [2.24, 2.45) is 5.92 Å². The summed E-state index contributed by atoms with van der Waals surface area (Å²) in [6.45, 7) is 6.04. The van der Waals surface area contributed by atoms with Crippen LogP contribution in [0.5, 0.6) is 0 Å². The van der Waals surface area contributed by atoms with Gasteiger partial charge in [-0.3, -0.25) is 9.78 Å². The van der Waals surface area contributed by atoms with E-state index in [0.717, 1.165) is 6.42 Å². The van der Waals surface area contributed by atoms with Crippen LogP contribution in [0.3, 0.4) is 0 Å². The molecular formula is C13H18N2O3. The number of nitrogens with one attached hydrogen (secondary N) is 1. The van der Waals surface area contributed by atoms with Gasteiger partial charge in [0.05, 0.1) is 5.56 Å². The van der Waals surface area contributed by atoms with Crippen LogP contribution in [0.15, 0.2) is 18.3 Å². The van der Waals surface area contributed by atoms with Gasteiger partial charge in [-0.2, -0.15) is 0 Å². The molecule has 98 valence electrons. The zero-order chi connectivity index (χ0) is 13.7. The fourth-order valence-electron chi connectivity index (χ4n) is 1.67. The number of rotatable bonds is 5. The minimum absolute atomic E-state index is 0.0627. The molecule has 0 fully saturated rings. The monoisotopic (exact) mass is 250 g/mol. The molecule has 1 aromatic rings. The molecule has 0 aliphatic carbocycles. The fraction of sp³-hybridized carbons (Fsp3) is 0.462. The maximum Gasteiger partial charge on any atom is 0.335 e. The topological polar surface area (TPSA) is 79.3 Å². The first kappa shape index (κ1) is 14.2. The minimum atomic E-state index is -1.07. The average Bonchev–Trinajstić information content (AvgIpc) is 2.35. The highest BCUT2D eigenvalue weighted by Crippen LogP contribution is 2.07. The number of nitrogens with zero attached hydrogens (tertiary/aromatic N) is 1. The summed E-state index contributed by atoms with van der Waals surface area (Å²) in [4.78, 5) is 26.6. The van der Waals surface area contributed by atoms with E-state index in [2.05, 4.69) is 10.3 Å². The number of carboxylic acid groups (broad SMARTS) is 1. The number of amides is 1. The van der Waals surface area contributed by atoms with Crippen molar-refractivity contribution in [2.45, 2.75) is 33.2 Å². The molecule has 1 unspecified atom stereocenters. The Morgan fingerprint density at radius 1 is 1.44 bits per heavy atom. The van der Waals surface area contributed by atoms with Gasteiger partial charge in [0.15, 0.2) is 0 Å². The second-order valence-corrected chi connectivity index (χ2v) is 4.47. The summed E-state index contributed by atoms with van der Waals surface area (Å²) < 4.78 is 0. The van der Waals surface area contributed by atoms with Crippen molar-refractivity contribution in [2.75, 3.05) is 0 Å². The third kappa shape index (κ3) is 3.55. The molecule has 1 atom stereocenters. The molecular weight excluding hydrogens is 232 g/mol. The molecule has 0 radical (unpaired) electrons. The SMILES string of the molecule is CCC(NC(=O)c1cc(C(=O)O)ccn1)C(C)C. The molecule has 1 aromatic heterocycles. The Balaban J connectivity index is 2.84. The summed E-state index contributed by atoms with van der Waals surface area (Å²) >= 11 is 0. The van der Waals surface area contributed by atoms with Gasteiger partial charge in [0.25, 0.3) is 5.91 Å². The van der Waals surface area contributed by atoms with Crippen LogP contribution in [-0.2, 0) is 0 Å². The third-order valence-electron chi connectivity index (χ3n) is 2.80. The summed E-state index contributed by atoms with van der Waals surface area (Å²) in [6, 6.07) is 2.71. The fourth-order valence-corrected chi connectivity index (χ4v) is 1.67. The molecule has 5 nitrogen and oxygen atoms in total. The average molecular weight is 250 g/mol. The van der Waals surface area contributed by atoms with Gasteiger partial charge in [-0.1, -0.05) is 20.8 Å². The second kappa shape index (κ2) is 6.14. The Morgan fingerprint density at radius 3 is 2.61 bits per heavy atom. The van der Waals surface area contributed by atoms with Crippen LogP contribution in [0, 0.1) is 5.92 Å². The highest BCUT2D eigenvalue weighted by Gasteiger charge is 2.17. The van der Waals surface area contributed by atoms with Gasteiger partial charge < -0.3 is 10.4 Å². The standard InChI is InChI=1S/C13H18N2O3/c1-4-10(8(2)3)15-12(16)11-7-9(13(17)18)5-6-14-11/h5-8,10H,4H2,1-3H3,(H,15,16)(H,17,18). The van der Waals surface area contributed by atoms with Crippen molar-refractivity contribution in [1.82, 2.24) is 10.3 Å². The van der Waals surface area contributed by atoms with Crippen LogP contribution in [0.4, 0.5) is 0 Å². The van der Waals surface area contributed by atoms with Crippen LogP contribution in [0.1, 0.15) is 48.0 Å². The van der Waals surface area contributed by atoms with Crippen molar-refractivity contribution in [3.05, 3.63) is 29.6 Å². The first-order chi connectivity index (χ1) is 8.45. The normalized spacial score (nSPS) is 12.2. The van der Waals surface area contributed by atoms with E-state index in [0.29, 0.717) is 5.92 Å². The zero-order valence-corrected chi connectivity index (χ0v) is 10.8. The molecule has 0 saturated heterocycles. The van der Waals surface area contributed by atoms with Gasteiger partial charge in [0.1, 0.15) is 5.69 Å². The van der Waals surface area contributed by atoms with Crippen LogP contribution < -0.4 is 5.32 Å². The van der Waals surface area contributed by atoms with Gasteiger partial charge in [-0.25, -0.2) is 4.79 Å². The van der Waals surface area contributed by atoms with E-state index in [1.54, 1.807) is 0 Å². The Hall–Kier alpha value is -1.91. The van der Waals surface area contributed by atoms with Gasteiger partial charge >= 0.3 is 5.97 Å². The summed E-state index contributed by atoms with van der Waals surface area (Å²) in [6.07, 6.45) is 2.15. The molecule has 0 aliphatic rings. The smallest absolute Gasteiger partial charge is 0.335 e. The van der Waals surface area contributed by atoms with Crippen LogP contribution in [0.25, 0.3) is 0 Å². The lowest BCUT2D eigenvalue weighted by molar-refractivity contribution is 0.0696. The van der Waals surface area contributed by atoms with E-state index >= 15 is 0 Å². The number of carbonyl (C=O) groups is 2. The zero-order valence-electron chi connectivity index (χ0n) is 10.8. The number of hydrogen-bond donors (Lipinski definition) is 2. The Labute approximate surface area is 106 Å². The summed E-state index contributed by atoms with van der Waals surface area (Å²) in [5, 5.41) is 11.7. The number of aromatic nitrogens is 1. The lowest BCUT2D eigenvalue weighted by Gasteiger charge is -2.20. The Kier molecular flexibility index (Phi) is 4.83. The van der Waals surface area contributed by atoms with Crippen molar-refractivity contribution >= 4 is 11.9 Å². The maximum atomic E-state index is 11.9. The Morgan fingerprint density at radius 2 is 2.11 bits per heavy atom. The van der Waals surface area contributed by atoms with Gasteiger partial charge in [-0.15, -0.1) is 0 Å². The first-order valence-electron chi connectivity index (χ1n) is 5.96. The van der Waals surface area contributed by atoms with Crippen LogP contribution in [-0.4, -0.2) is 28.0 Å². The highest BCUT2D eigenvalue weighted by molar-refractivity contribution is 5.95. The number of carboxylic acids is 1. The van der Waals surface area contributed by atoms with E-state index < -0.39 is 5.97 Å². The molecule has 1 amide bonds. The number of aromatic carboxylic acids is 1. The quantitative estimate of drug-likeness (QED) is 0.837. The molecule has 1 heterocycles. The van der Waals surface area contributed by atoms with Gasteiger partial charge in [0.2, 0.25) is 0 Å². The number of pyridine rings is 1. The predicted octanol–water partition coefficient (Wildman–Crippen LogP) is 1.94. The molecule has 5 heteroatoms. The van der Waals surface area contributed by atoms with E-state index in [1.807, 2.05) is 20.8 Å². The molecule has 18 heavy (non-hydrogen) atoms. The minimum Gasteiger partial charge on any atom is -0.478 e. The highest BCUT2D eigenvalue weighted by atomic mass is 16.4. The molecule has 2 N–H and O–H groups in total. The number of carbonyl (C=O) groups excluding carboxylic acids is 1. The summed E-state index contributed by atoms with van der Waals surface area (Å²) in [7, 11) is 0. The number of hydrogen-bond acceptors (Lipinski definition) is 3. The largest absolute Gasteiger partial charge is 0.478 e. The van der Waals surface area contributed by atoms with Crippen molar-refractivity contribution in [3.63, 3.8) is 0 Å². The van der Waals surface area contributed by atoms with E-state index in [9.17, 15) is 9.59 Å². The van der Waals surface area contributed by atoms with Gasteiger partial charge in [0, 0.05) is 12.2 Å². The second-order valence-electron chi connectivity index (χ2n) is 4.47.